The summed E-state index contributed by atoms with van der Waals surface area (Å²) in [5.41, 5.74) is 5.65. The van der Waals surface area contributed by atoms with Crippen LogP contribution in [-0.4, -0.2) is 29.2 Å². The van der Waals surface area contributed by atoms with Crippen LogP contribution in [0.25, 0.3) is 33.5 Å². The highest BCUT2D eigenvalue weighted by molar-refractivity contribution is 5.94. The Bertz CT molecular complexity index is 1080. The first-order valence-electron chi connectivity index (χ1n) is 9.00. The van der Waals surface area contributed by atoms with Crippen molar-refractivity contribution in [3.63, 3.8) is 0 Å². The molecule has 5 heteroatoms. The fourth-order valence-corrected chi connectivity index (χ4v) is 3.60. The number of nitrogens with one attached hydrogen (secondary N) is 2. The highest BCUT2D eigenvalue weighted by Crippen LogP contribution is 2.39. The Labute approximate surface area is 158 Å². The molecule has 2 aromatic carbocycles. The Kier molecular flexibility index (Phi) is 4.36. The molecule has 2 heterocycles. The van der Waals surface area contributed by atoms with Gasteiger partial charge in [-0.3, -0.25) is 0 Å². The number of benzene rings is 2. The van der Waals surface area contributed by atoms with Gasteiger partial charge in [-0.1, -0.05) is 13.8 Å². The number of fused-ring (bicyclic) bond motifs is 1. The fourth-order valence-electron chi connectivity index (χ4n) is 3.60. The number of nitrogens with zero attached hydrogens (tertiary/aromatic N) is 1. The van der Waals surface area contributed by atoms with Crippen LogP contribution >= 0.6 is 0 Å². The summed E-state index contributed by atoms with van der Waals surface area (Å²) in [6, 6.07) is 12.4. The van der Waals surface area contributed by atoms with Crippen LogP contribution in [0.15, 0.2) is 48.8 Å². The zero-order valence-electron chi connectivity index (χ0n) is 16.0. The minimum absolute atomic E-state index is 0.355. The summed E-state index contributed by atoms with van der Waals surface area (Å²) in [6.07, 6.45) is 3.62. The third-order valence-corrected chi connectivity index (χ3v) is 4.86. The molecule has 5 nitrogen and oxygen atoms in total. The van der Waals surface area contributed by atoms with Crippen LogP contribution in [0.3, 0.4) is 0 Å². The summed E-state index contributed by atoms with van der Waals surface area (Å²) < 4.78 is 10.9. The summed E-state index contributed by atoms with van der Waals surface area (Å²) in [5.74, 6) is 2.68. The second-order valence-corrected chi connectivity index (χ2v) is 6.84. The zero-order valence-corrected chi connectivity index (χ0v) is 16.0. The Morgan fingerprint density at radius 1 is 0.926 bits per heavy atom. The summed E-state index contributed by atoms with van der Waals surface area (Å²) in [4.78, 5) is 11.2. The fraction of sp³-hybridized carbons (Fsp3) is 0.227. The number of methoxy groups -OCH3 is 2. The topological polar surface area (TPSA) is 62.9 Å². The standard InChI is InChI=1S/C22H23N3O2/c1-13(2)20-16-11-15(22-23-9-10-24-22)5-7-17(16)25-21(20)14-6-8-18(26-3)19(12-14)27-4/h5-13,25H,1-4H3,(H,23,24). The number of rotatable bonds is 5. The normalized spacial score (nSPS) is 11.3. The number of imidazole rings is 1. The van der Waals surface area contributed by atoms with E-state index in [9.17, 15) is 0 Å². The summed E-state index contributed by atoms with van der Waals surface area (Å²) in [6.45, 7) is 4.43. The van der Waals surface area contributed by atoms with Crippen molar-refractivity contribution in [3.8, 4) is 34.1 Å². The van der Waals surface area contributed by atoms with E-state index in [1.165, 1.54) is 10.9 Å². The first kappa shape index (κ1) is 17.2. The van der Waals surface area contributed by atoms with E-state index in [1.807, 2.05) is 18.3 Å². The van der Waals surface area contributed by atoms with E-state index in [0.29, 0.717) is 5.92 Å². The molecule has 0 saturated heterocycles. The van der Waals surface area contributed by atoms with Crippen LogP contribution in [0.2, 0.25) is 0 Å². The molecule has 0 aliphatic carbocycles. The van der Waals surface area contributed by atoms with Gasteiger partial charge in [-0.25, -0.2) is 4.98 Å². The van der Waals surface area contributed by atoms with Gasteiger partial charge in [-0.2, -0.15) is 0 Å². The maximum absolute atomic E-state index is 5.49. The van der Waals surface area contributed by atoms with E-state index >= 15 is 0 Å². The molecule has 0 saturated carbocycles. The molecule has 0 fully saturated rings. The van der Waals surface area contributed by atoms with Gasteiger partial charge in [0.2, 0.25) is 0 Å². The van der Waals surface area contributed by atoms with Crippen molar-refractivity contribution in [3.05, 3.63) is 54.4 Å². The highest BCUT2D eigenvalue weighted by Gasteiger charge is 2.18. The van der Waals surface area contributed by atoms with Crippen molar-refractivity contribution in [2.75, 3.05) is 14.2 Å². The van der Waals surface area contributed by atoms with Gasteiger partial charge >= 0.3 is 0 Å². The quantitative estimate of drug-likeness (QED) is 0.502. The second kappa shape index (κ2) is 6.83. The highest BCUT2D eigenvalue weighted by atomic mass is 16.5. The van der Waals surface area contributed by atoms with Crippen molar-refractivity contribution in [2.24, 2.45) is 0 Å². The Hall–Kier alpha value is -3.21. The van der Waals surface area contributed by atoms with E-state index in [2.05, 4.69) is 53.1 Å². The molecule has 4 rings (SSSR count). The number of hydrogen-bond acceptors (Lipinski definition) is 3. The van der Waals surface area contributed by atoms with Crippen LogP contribution in [0.5, 0.6) is 11.5 Å². The van der Waals surface area contributed by atoms with Crippen LogP contribution in [0, 0.1) is 0 Å². The van der Waals surface area contributed by atoms with Crippen molar-refractivity contribution < 1.29 is 9.47 Å². The molecule has 0 amide bonds. The van der Waals surface area contributed by atoms with E-state index in [1.54, 1.807) is 20.4 Å². The van der Waals surface area contributed by atoms with Gasteiger partial charge in [0.1, 0.15) is 5.82 Å². The van der Waals surface area contributed by atoms with Crippen LogP contribution in [-0.2, 0) is 0 Å². The average Bonchev–Trinajstić information content (AvgIpc) is 3.34. The largest absolute Gasteiger partial charge is 0.493 e. The predicted octanol–water partition coefficient (Wildman–Crippen LogP) is 5.37. The molecule has 0 spiro atoms. The molecule has 2 N–H and O–H groups in total. The summed E-state index contributed by atoms with van der Waals surface area (Å²) in [5, 5.41) is 1.21. The van der Waals surface area contributed by atoms with Gasteiger partial charge in [-0.05, 0) is 47.9 Å². The number of aromatic amines is 2. The van der Waals surface area contributed by atoms with Gasteiger partial charge < -0.3 is 19.4 Å². The molecule has 0 atom stereocenters. The average molecular weight is 361 g/mol. The molecule has 0 unspecified atom stereocenters. The van der Waals surface area contributed by atoms with Gasteiger partial charge in [-0.15, -0.1) is 0 Å². The zero-order chi connectivity index (χ0) is 19.0. The van der Waals surface area contributed by atoms with Crippen molar-refractivity contribution in [1.82, 2.24) is 15.0 Å². The van der Waals surface area contributed by atoms with Crippen molar-refractivity contribution in [1.29, 1.82) is 0 Å². The molecule has 0 aliphatic heterocycles. The third-order valence-electron chi connectivity index (χ3n) is 4.86. The SMILES string of the molecule is COc1ccc(-c2[nH]c3ccc(-c4ncc[nH]4)cc3c2C(C)C)cc1OC. The molecule has 2 aromatic heterocycles. The van der Waals surface area contributed by atoms with Crippen LogP contribution < -0.4 is 9.47 Å². The minimum Gasteiger partial charge on any atom is -0.493 e. The third kappa shape index (κ3) is 2.95. The van der Waals surface area contributed by atoms with E-state index < -0.39 is 0 Å². The molecule has 0 aliphatic rings. The van der Waals surface area contributed by atoms with Gasteiger partial charge in [0, 0.05) is 34.4 Å². The number of ether oxygens (including phenoxy) is 2. The lowest BCUT2D eigenvalue weighted by Crippen LogP contribution is -1.93. The van der Waals surface area contributed by atoms with Gasteiger partial charge in [0.25, 0.3) is 0 Å². The molecule has 138 valence electrons. The Morgan fingerprint density at radius 3 is 2.37 bits per heavy atom. The van der Waals surface area contributed by atoms with E-state index in [-0.39, 0.29) is 0 Å². The second-order valence-electron chi connectivity index (χ2n) is 6.84. The maximum atomic E-state index is 5.49. The molecule has 0 bridgehead atoms. The molecular weight excluding hydrogens is 338 g/mol. The lowest BCUT2D eigenvalue weighted by Gasteiger charge is -2.12. The summed E-state index contributed by atoms with van der Waals surface area (Å²) in [7, 11) is 3.31. The minimum atomic E-state index is 0.355. The molecule has 27 heavy (non-hydrogen) atoms. The van der Waals surface area contributed by atoms with Crippen LogP contribution in [0.4, 0.5) is 0 Å². The monoisotopic (exact) mass is 361 g/mol. The lowest BCUT2D eigenvalue weighted by atomic mass is 9.95. The predicted molar refractivity (Wildman–Crippen MR) is 109 cm³/mol. The molecule has 0 radical (unpaired) electrons. The Balaban J connectivity index is 1.92. The molecular formula is C22H23N3O2. The van der Waals surface area contributed by atoms with E-state index in [0.717, 1.165) is 39.7 Å². The van der Waals surface area contributed by atoms with Crippen LogP contribution in [0.1, 0.15) is 25.3 Å². The lowest BCUT2D eigenvalue weighted by molar-refractivity contribution is 0.355. The number of aromatic nitrogens is 3. The maximum Gasteiger partial charge on any atom is 0.161 e. The first-order chi connectivity index (χ1) is 13.1. The van der Waals surface area contributed by atoms with Gasteiger partial charge in [0.15, 0.2) is 11.5 Å². The number of hydrogen-bond donors (Lipinski definition) is 2. The smallest absolute Gasteiger partial charge is 0.161 e. The Morgan fingerprint density at radius 2 is 1.70 bits per heavy atom. The van der Waals surface area contributed by atoms with E-state index in [4.69, 9.17) is 9.47 Å². The van der Waals surface area contributed by atoms with Crippen molar-refractivity contribution in [2.45, 2.75) is 19.8 Å². The number of H-pyrrole nitrogens is 2. The summed E-state index contributed by atoms with van der Waals surface area (Å²) >= 11 is 0. The van der Waals surface area contributed by atoms with Gasteiger partial charge in [0.05, 0.1) is 19.9 Å². The molecule has 4 aromatic rings. The van der Waals surface area contributed by atoms with Crippen molar-refractivity contribution >= 4 is 10.9 Å². The first-order valence-corrected chi connectivity index (χ1v) is 9.00.